The molecule has 1 aliphatic heterocycles. The maximum absolute atomic E-state index is 5.33. The van der Waals surface area contributed by atoms with E-state index in [9.17, 15) is 0 Å². The van der Waals surface area contributed by atoms with Crippen LogP contribution in [0.15, 0.2) is 22.8 Å². The van der Waals surface area contributed by atoms with Gasteiger partial charge in [-0.3, -0.25) is 4.90 Å². The van der Waals surface area contributed by atoms with E-state index in [2.05, 4.69) is 17.1 Å². The van der Waals surface area contributed by atoms with Crippen LogP contribution < -0.4 is 10.2 Å². The summed E-state index contributed by atoms with van der Waals surface area (Å²) >= 11 is 5.21. The van der Waals surface area contributed by atoms with Crippen molar-refractivity contribution in [2.75, 3.05) is 19.9 Å². The van der Waals surface area contributed by atoms with Crippen molar-refractivity contribution in [3.05, 3.63) is 24.2 Å². The minimum atomic E-state index is 0.862. The lowest BCUT2D eigenvalue weighted by molar-refractivity contribution is -0.928. The molecule has 1 saturated heterocycles. The van der Waals surface area contributed by atoms with Gasteiger partial charge in [-0.05, 0) is 31.3 Å². The van der Waals surface area contributed by atoms with E-state index in [0.717, 1.165) is 37.3 Å². The Morgan fingerprint density at radius 3 is 3.20 bits per heavy atom. The number of hydrogen-bond acceptors (Lipinski definition) is 2. The molecule has 0 aliphatic carbocycles. The van der Waals surface area contributed by atoms with Crippen LogP contribution in [0.2, 0.25) is 0 Å². The van der Waals surface area contributed by atoms with Gasteiger partial charge in [0.05, 0.1) is 6.26 Å². The lowest BCUT2D eigenvalue weighted by atomic mass is 10.4. The molecule has 1 aromatic heterocycles. The van der Waals surface area contributed by atoms with E-state index < -0.39 is 0 Å². The highest BCUT2D eigenvalue weighted by atomic mass is 32.1. The number of quaternary nitrogens is 1. The van der Waals surface area contributed by atoms with Crippen LogP contribution in [-0.2, 0) is 6.54 Å². The summed E-state index contributed by atoms with van der Waals surface area (Å²) in [4.78, 5) is 3.58. The first-order chi connectivity index (χ1) is 7.29. The van der Waals surface area contributed by atoms with Gasteiger partial charge in [0.1, 0.15) is 6.54 Å². The van der Waals surface area contributed by atoms with E-state index in [4.69, 9.17) is 16.6 Å². The van der Waals surface area contributed by atoms with Crippen molar-refractivity contribution in [2.24, 2.45) is 0 Å². The van der Waals surface area contributed by atoms with Crippen molar-refractivity contribution in [2.45, 2.75) is 13.5 Å². The molecule has 1 unspecified atom stereocenters. The van der Waals surface area contributed by atoms with Crippen LogP contribution in [0, 0.1) is 0 Å². The van der Waals surface area contributed by atoms with E-state index in [0.29, 0.717) is 0 Å². The molecule has 82 valence electrons. The van der Waals surface area contributed by atoms with E-state index in [1.54, 1.807) is 6.26 Å². The topological polar surface area (TPSA) is 32.9 Å². The zero-order chi connectivity index (χ0) is 10.7. The Balaban J connectivity index is 1.92. The van der Waals surface area contributed by atoms with Gasteiger partial charge in [-0.25, -0.2) is 0 Å². The fourth-order valence-corrected chi connectivity index (χ4v) is 2.01. The number of nitrogens with zero attached hydrogens (tertiary/aromatic N) is 1. The number of hydrogen-bond donors (Lipinski definition) is 2. The summed E-state index contributed by atoms with van der Waals surface area (Å²) in [6.07, 6.45) is 1.72. The molecule has 1 aliphatic rings. The molecule has 0 saturated carbocycles. The Labute approximate surface area is 94.8 Å². The molecule has 1 atom stereocenters. The lowest BCUT2D eigenvalue weighted by Crippen LogP contribution is -3.15. The second kappa shape index (κ2) is 4.63. The number of nitrogens with one attached hydrogen (secondary N) is 2. The Bertz CT molecular complexity index is 325. The van der Waals surface area contributed by atoms with Gasteiger partial charge in [0, 0.05) is 6.54 Å². The van der Waals surface area contributed by atoms with Crippen LogP contribution in [0.25, 0.3) is 0 Å². The van der Waals surface area contributed by atoms with Crippen molar-refractivity contribution in [1.29, 1.82) is 0 Å². The molecular formula is C10H16N3OS+. The molecule has 0 aromatic carbocycles. The first-order valence-corrected chi connectivity index (χ1v) is 5.59. The quantitative estimate of drug-likeness (QED) is 0.699. The van der Waals surface area contributed by atoms with Gasteiger partial charge >= 0.3 is 0 Å². The summed E-state index contributed by atoms with van der Waals surface area (Å²) in [5, 5.41) is 4.09. The van der Waals surface area contributed by atoms with Crippen LogP contribution in [-0.4, -0.2) is 29.9 Å². The van der Waals surface area contributed by atoms with Gasteiger partial charge in [-0.2, -0.15) is 0 Å². The highest BCUT2D eigenvalue weighted by Crippen LogP contribution is 1.97. The summed E-state index contributed by atoms with van der Waals surface area (Å²) in [7, 11) is 0. The van der Waals surface area contributed by atoms with Crippen LogP contribution >= 0.6 is 12.2 Å². The SMILES string of the molecule is CCN1C[NH+](Cc2ccco2)CNC1=S. The molecule has 5 heteroatoms. The minimum Gasteiger partial charge on any atom is -0.463 e. The molecule has 1 aromatic rings. The summed E-state index contributed by atoms with van der Waals surface area (Å²) in [6.45, 7) is 5.79. The number of thiocarbonyl (C=S) groups is 1. The second-order valence-electron chi connectivity index (χ2n) is 3.68. The zero-order valence-electron chi connectivity index (χ0n) is 8.82. The highest BCUT2D eigenvalue weighted by Gasteiger charge is 2.22. The average Bonchev–Trinajstić information content (AvgIpc) is 2.73. The maximum atomic E-state index is 5.33. The zero-order valence-corrected chi connectivity index (χ0v) is 9.64. The van der Waals surface area contributed by atoms with Crippen molar-refractivity contribution in [1.82, 2.24) is 10.2 Å². The third-order valence-electron chi connectivity index (χ3n) is 2.58. The van der Waals surface area contributed by atoms with Crippen molar-refractivity contribution in [3.63, 3.8) is 0 Å². The smallest absolute Gasteiger partial charge is 0.177 e. The Morgan fingerprint density at radius 1 is 1.67 bits per heavy atom. The molecule has 0 spiro atoms. The van der Waals surface area contributed by atoms with Crippen molar-refractivity contribution >= 4 is 17.3 Å². The van der Waals surface area contributed by atoms with E-state index in [-0.39, 0.29) is 0 Å². The lowest BCUT2D eigenvalue weighted by Gasteiger charge is -2.34. The second-order valence-corrected chi connectivity index (χ2v) is 4.07. The Hall–Kier alpha value is -1.07. The Morgan fingerprint density at radius 2 is 2.53 bits per heavy atom. The standard InChI is InChI=1S/C10H15N3OS/c1-2-13-8-12(7-11-10(13)15)6-9-4-3-5-14-9/h3-5H,2,6-8H2,1H3,(H,11,15)/p+1. The third-order valence-corrected chi connectivity index (χ3v) is 2.98. The van der Waals surface area contributed by atoms with Gasteiger partial charge < -0.3 is 14.6 Å². The van der Waals surface area contributed by atoms with Crippen molar-refractivity contribution < 1.29 is 9.32 Å². The molecule has 4 nitrogen and oxygen atoms in total. The van der Waals surface area contributed by atoms with Gasteiger partial charge in [0.25, 0.3) is 0 Å². The van der Waals surface area contributed by atoms with Crippen LogP contribution in [0.3, 0.4) is 0 Å². The summed E-state index contributed by atoms with van der Waals surface area (Å²) in [6, 6.07) is 3.94. The molecule has 2 heterocycles. The van der Waals surface area contributed by atoms with Gasteiger partial charge in [-0.15, -0.1) is 0 Å². The minimum absolute atomic E-state index is 0.862. The molecule has 2 N–H and O–H groups in total. The summed E-state index contributed by atoms with van der Waals surface area (Å²) in [5.41, 5.74) is 0. The van der Waals surface area contributed by atoms with Gasteiger partial charge in [0.2, 0.25) is 0 Å². The molecule has 15 heavy (non-hydrogen) atoms. The van der Waals surface area contributed by atoms with Gasteiger partial charge in [0.15, 0.2) is 24.2 Å². The fraction of sp³-hybridized carbons (Fsp3) is 0.500. The van der Waals surface area contributed by atoms with Crippen LogP contribution in [0.1, 0.15) is 12.7 Å². The third kappa shape index (κ3) is 2.49. The maximum Gasteiger partial charge on any atom is 0.177 e. The average molecular weight is 226 g/mol. The van der Waals surface area contributed by atoms with Crippen LogP contribution in [0.4, 0.5) is 0 Å². The molecule has 2 rings (SSSR count). The first kappa shape index (κ1) is 10.4. The van der Waals surface area contributed by atoms with E-state index >= 15 is 0 Å². The fourth-order valence-electron chi connectivity index (χ4n) is 1.74. The predicted molar refractivity (Wildman–Crippen MR) is 61.2 cm³/mol. The molecular weight excluding hydrogens is 210 g/mol. The molecule has 0 radical (unpaired) electrons. The van der Waals surface area contributed by atoms with E-state index in [1.807, 2.05) is 12.1 Å². The highest BCUT2D eigenvalue weighted by molar-refractivity contribution is 7.80. The monoisotopic (exact) mass is 226 g/mol. The number of rotatable bonds is 3. The first-order valence-electron chi connectivity index (χ1n) is 5.18. The predicted octanol–water partition coefficient (Wildman–Crippen LogP) is -0.210. The van der Waals surface area contributed by atoms with Crippen molar-refractivity contribution in [3.8, 4) is 0 Å². The largest absolute Gasteiger partial charge is 0.463 e. The normalized spacial score (nSPS) is 21.5. The van der Waals surface area contributed by atoms with Gasteiger partial charge in [-0.1, -0.05) is 0 Å². The molecule has 1 fully saturated rings. The van der Waals surface area contributed by atoms with Crippen LogP contribution in [0.5, 0.6) is 0 Å². The van der Waals surface area contributed by atoms with E-state index in [1.165, 1.54) is 4.90 Å². The molecule has 0 bridgehead atoms. The number of furan rings is 1. The molecule has 0 amide bonds. The summed E-state index contributed by atoms with van der Waals surface area (Å²) in [5.74, 6) is 1.02. The Kier molecular flexibility index (Phi) is 3.23. The summed E-state index contributed by atoms with van der Waals surface area (Å²) < 4.78 is 5.33.